The van der Waals surface area contributed by atoms with Crippen LogP contribution in [0.2, 0.25) is 0 Å². The zero-order valence-electron chi connectivity index (χ0n) is 9.00. The van der Waals surface area contributed by atoms with E-state index in [1.165, 1.54) is 0 Å². The molecule has 0 bridgehead atoms. The lowest BCUT2D eigenvalue weighted by atomic mass is 10.1. The molecule has 0 aliphatic carbocycles. The minimum atomic E-state index is 0.109. The molecule has 3 heteroatoms. The quantitative estimate of drug-likeness (QED) is 0.778. The highest BCUT2D eigenvalue weighted by Crippen LogP contribution is 2.22. The average molecular weight is 202 g/mol. The van der Waals surface area contributed by atoms with E-state index in [9.17, 15) is 4.79 Å². The summed E-state index contributed by atoms with van der Waals surface area (Å²) in [5, 5.41) is 0.938. The second-order valence-corrected chi connectivity index (χ2v) is 3.68. The predicted octanol–water partition coefficient (Wildman–Crippen LogP) is 2.72. The van der Waals surface area contributed by atoms with Crippen molar-refractivity contribution in [3.63, 3.8) is 0 Å². The van der Waals surface area contributed by atoms with Crippen molar-refractivity contribution < 1.29 is 4.79 Å². The molecule has 0 amide bonds. The molecule has 2 heterocycles. The van der Waals surface area contributed by atoms with Gasteiger partial charge in [-0.3, -0.25) is 4.79 Å². The molecule has 0 aliphatic rings. The van der Waals surface area contributed by atoms with Crippen molar-refractivity contribution in [1.82, 2.24) is 9.97 Å². The minimum Gasteiger partial charge on any atom is -0.343 e. The number of hydrogen-bond acceptors (Lipinski definition) is 2. The first-order valence-electron chi connectivity index (χ1n) is 5.20. The molecule has 0 saturated heterocycles. The van der Waals surface area contributed by atoms with Gasteiger partial charge in [-0.2, -0.15) is 0 Å². The molecule has 0 atom stereocenters. The monoisotopic (exact) mass is 202 g/mol. The number of hydrogen-bond donors (Lipinski definition) is 1. The first kappa shape index (κ1) is 9.90. The van der Waals surface area contributed by atoms with Crippen molar-refractivity contribution >= 4 is 16.8 Å². The number of ketones is 1. The van der Waals surface area contributed by atoms with Crippen molar-refractivity contribution in [1.29, 1.82) is 0 Å². The molecule has 78 valence electrons. The van der Waals surface area contributed by atoms with E-state index in [2.05, 4.69) is 16.9 Å². The largest absolute Gasteiger partial charge is 0.343 e. The van der Waals surface area contributed by atoms with Gasteiger partial charge in [-0.1, -0.05) is 13.3 Å². The van der Waals surface area contributed by atoms with Crippen LogP contribution in [0.25, 0.3) is 11.0 Å². The number of pyridine rings is 1. The number of nitrogens with one attached hydrogen (secondary N) is 1. The Bertz CT molecular complexity index is 499. The van der Waals surface area contributed by atoms with Crippen LogP contribution in [0, 0.1) is 0 Å². The lowest BCUT2D eigenvalue weighted by molar-refractivity contribution is 0.101. The van der Waals surface area contributed by atoms with Gasteiger partial charge in [0.15, 0.2) is 5.78 Å². The van der Waals surface area contributed by atoms with Crippen molar-refractivity contribution in [3.8, 4) is 0 Å². The highest BCUT2D eigenvalue weighted by Gasteiger charge is 2.14. The van der Waals surface area contributed by atoms with Crippen LogP contribution in [0.3, 0.4) is 0 Å². The highest BCUT2D eigenvalue weighted by molar-refractivity contribution is 6.07. The Labute approximate surface area is 88.5 Å². The van der Waals surface area contributed by atoms with Gasteiger partial charge in [0.05, 0.1) is 0 Å². The number of H-pyrrole nitrogens is 1. The smallest absolute Gasteiger partial charge is 0.162 e. The maximum atomic E-state index is 11.6. The molecule has 2 rings (SSSR count). The van der Waals surface area contributed by atoms with Gasteiger partial charge in [0.1, 0.15) is 5.65 Å². The maximum absolute atomic E-state index is 11.6. The van der Waals surface area contributed by atoms with E-state index in [-0.39, 0.29) is 5.78 Å². The van der Waals surface area contributed by atoms with Crippen LogP contribution in [-0.4, -0.2) is 15.8 Å². The summed E-state index contributed by atoms with van der Waals surface area (Å²) in [5.41, 5.74) is 2.63. The number of carbonyl (C=O) groups excluding carboxylic acids is 1. The minimum absolute atomic E-state index is 0.109. The summed E-state index contributed by atoms with van der Waals surface area (Å²) < 4.78 is 0. The second kappa shape index (κ2) is 3.85. The number of aryl methyl sites for hydroxylation is 1. The van der Waals surface area contributed by atoms with Crippen LogP contribution in [0.15, 0.2) is 18.3 Å². The Morgan fingerprint density at radius 2 is 2.33 bits per heavy atom. The first-order chi connectivity index (χ1) is 7.24. The van der Waals surface area contributed by atoms with E-state index in [1.807, 2.05) is 12.1 Å². The molecule has 1 N–H and O–H groups in total. The van der Waals surface area contributed by atoms with Crippen LogP contribution in [-0.2, 0) is 6.42 Å². The summed E-state index contributed by atoms with van der Waals surface area (Å²) in [4.78, 5) is 19.0. The average Bonchev–Trinajstić information content (AvgIpc) is 2.56. The molecular formula is C12H14N2O. The summed E-state index contributed by atoms with van der Waals surface area (Å²) in [6, 6.07) is 3.80. The molecule has 0 aliphatic heterocycles. The topological polar surface area (TPSA) is 45.8 Å². The summed E-state index contributed by atoms with van der Waals surface area (Å²) in [6.07, 6.45) is 3.65. The first-order valence-corrected chi connectivity index (χ1v) is 5.20. The third kappa shape index (κ3) is 1.65. The number of carbonyl (C=O) groups is 1. The number of fused-ring (bicyclic) bond motifs is 1. The van der Waals surface area contributed by atoms with Gasteiger partial charge >= 0.3 is 0 Å². The molecule has 0 aromatic carbocycles. The molecule has 0 unspecified atom stereocenters. The van der Waals surface area contributed by atoms with Gasteiger partial charge in [0.2, 0.25) is 0 Å². The summed E-state index contributed by atoms with van der Waals surface area (Å²) in [5.74, 6) is 0.109. The molecule has 3 nitrogen and oxygen atoms in total. The fraction of sp³-hybridized carbons (Fsp3) is 0.333. The van der Waals surface area contributed by atoms with Crippen molar-refractivity contribution in [2.24, 2.45) is 0 Å². The van der Waals surface area contributed by atoms with Crippen molar-refractivity contribution in [3.05, 3.63) is 29.6 Å². The zero-order chi connectivity index (χ0) is 10.8. The van der Waals surface area contributed by atoms with Crippen LogP contribution < -0.4 is 0 Å². The zero-order valence-corrected chi connectivity index (χ0v) is 9.00. The molecule has 0 radical (unpaired) electrons. The third-order valence-electron chi connectivity index (χ3n) is 2.50. The van der Waals surface area contributed by atoms with Crippen LogP contribution in [0.1, 0.15) is 36.3 Å². The number of aromatic amines is 1. The molecule has 2 aromatic heterocycles. The predicted molar refractivity (Wildman–Crippen MR) is 60.1 cm³/mol. The Morgan fingerprint density at radius 1 is 1.53 bits per heavy atom. The van der Waals surface area contributed by atoms with Crippen LogP contribution in [0.4, 0.5) is 0 Å². The number of Topliss-reactive ketones (excluding diaryl/α,β-unsaturated/α-hetero) is 1. The van der Waals surface area contributed by atoms with Gasteiger partial charge in [0, 0.05) is 22.8 Å². The van der Waals surface area contributed by atoms with E-state index in [0.717, 1.165) is 35.1 Å². The molecular weight excluding hydrogens is 188 g/mol. The number of rotatable bonds is 3. The standard InChI is InChI=1S/C12H14N2O/c1-3-5-10-11(8(2)15)9-6-4-7-13-12(9)14-10/h4,6-7H,3,5H2,1-2H3,(H,13,14). The Hall–Kier alpha value is -1.64. The molecule has 15 heavy (non-hydrogen) atoms. The van der Waals surface area contributed by atoms with Gasteiger partial charge in [-0.15, -0.1) is 0 Å². The van der Waals surface area contributed by atoms with E-state index in [1.54, 1.807) is 13.1 Å². The maximum Gasteiger partial charge on any atom is 0.162 e. The highest BCUT2D eigenvalue weighted by atomic mass is 16.1. The normalized spacial score (nSPS) is 10.8. The fourth-order valence-electron chi connectivity index (χ4n) is 1.91. The van der Waals surface area contributed by atoms with Gasteiger partial charge in [-0.05, 0) is 25.5 Å². The van der Waals surface area contributed by atoms with E-state index in [0.29, 0.717) is 0 Å². The SMILES string of the molecule is CCCc1[nH]c2ncccc2c1C(C)=O. The van der Waals surface area contributed by atoms with Crippen molar-refractivity contribution in [2.75, 3.05) is 0 Å². The van der Waals surface area contributed by atoms with E-state index in [4.69, 9.17) is 0 Å². The van der Waals surface area contributed by atoms with E-state index >= 15 is 0 Å². The number of nitrogens with zero attached hydrogens (tertiary/aromatic N) is 1. The molecule has 0 spiro atoms. The molecule has 0 fully saturated rings. The lowest BCUT2D eigenvalue weighted by Gasteiger charge is -1.97. The fourth-order valence-corrected chi connectivity index (χ4v) is 1.91. The Kier molecular flexibility index (Phi) is 2.54. The van der Waals surface area contributed by atoms with Crippen LogP contribution in [0.5, 0.6) is 0 Å². The second-order valence-electron chi connectivity index (χ2n) is 3.68. The third-order valence-corrected chi connectivity index (χ3v) is 2.50. The Balaban J connectivity index is 2.69. The summed E-state index contributed by atoms with van der Waals surface area (Å²) in [7, 11) is 0. The van der Waals surface area contributed by atoms with Gasteiger partial charge in [-0.25, -0.2) is 4.98 Å². The van der Waals surface area contributed by atoms with Gasteiger partial charge in [0.25, 0.3) is 0 Å². The van der Waals surface area contributed by atoms with E-state index < -0.39 is 0 Å². The Morgan fingerprint density at radius 3 is 3.00 bits per heavy atom. The van der Waals surface area contributed by atoms with Gasteiger partial charge < -0.3 is 4.98 Å². The van der Waals surface area contributed by atoms with Crippen LogP contribution >= 0.6 is 0 Å². The summed E-state index contributed by atoms with van der Waals surface area (Å²) in [6.45, 7) is 3.71. The van der Waals surface area contributed by atoms with Crippen molar-refractivity contribution in [2.45, 2.75) is 26.7 Å². The number of aromatic nitrogens is 2. The molecule has 0 saturated carbocycles. The molecule has 2 aromatic rings. The lowest BCUT2D eigenvalue weighted by Crippen LogP contribution is -1.96. The summed E-state index contributed by atoms with van der Waals surface area (Å²) >= 11 is 0.